The van der Waals surface area contributed by atoms with Crippen LogP contribution in [0.4, 0.5) is 0 Å². The van der Waals surface area contributed by atoms with Crippen molar-refractivity contribution in [2.24, 2.45) is 5.18 Å². The highest BCUT2D eigenvalue weighted by Gasteiger charge is 2.06. The maximum Gasteiger partial charge on any atom is 0.323 e. The van der Waals surface area contributed by atoms with Gasteiger partial charge in [0.1, 0.15) is 11.5 Å². The second-order valence-electron chi connectivity index (χ2n) is 4.23. The smallest absolute Gasteiger partial charge is 0.323 e. The maximum atomic E-state index is 10.8. The monoisotopic (exact) mass is 306 g/mol. The maximum absolute atomic E-state index is 10.8. The van der Waals surface area contributed by atoms with Crippen LogP contribution in [0.3, 0.4) is 0 Å². The number of nitroso groups, excluding NO2 is 1. The number of carbonyl (C=O) groups excluding carboxylic acids is 1. The molecular weight excluding hydrogens is 292 g/mol. The summed E-state index contributed by atoms with van der Waals surface area (Å²) in [6, 6.07) is 5.27. The summed E-state index contributed by atoms with van der Waals surface area (Å²) in [7, 11) is 0. The number of amides is 1. The predicted molar refractivity (Wildman–Crippen MR) is 78.8 cm³/mol. The molecule has 6 nitrogen and oxygen atoms in total. The Morgan fingerprint density at radius 3 is 2.90 bits per heavy atom. The van der Waals surface area contributed by atoms with Crippen molar-refractivity contribution in [2.45, 2.75) is 13.3 Å². The summed E-state index contributed by atoms with van der Waals surface area (Å²) in [5.41, 5.74) is 0.820. The van der Waals surface area contributed by atoms with E-state index in [4.69, 9.17) is 9.47 Å². The molecule has 0 saturated carbocycles. The summed E-state index contributed by atoms with van der Waals surface area (Å²) in [5.74, 6) is 0.411. The Morgan fingerprint density at radius 1 is 1.38 bits per heavy atom. The zero-order chi connectivity index (χ0) is 15.1. The van der Waals surface area contributed by atoms with Crippen LogP contribution >= 0.6 is 11.3 Å². The van der Waals surface area contributed by atoms with Crippen molar-refractivity contribution in [3.05, 3.63) is 45.3 Å². The largest absolute Gasteiger partial charge is 0.493 e. The fourth-order valence-electron chi connectivity index (χ4n) is 1.67. The molecule has 0 aliphatic carbocycles. The van der Waals surface area contributed by atoms with E-state index >= 15 is 0 Å². The van der Waals surface area contributed by atoms with E-state index in [9.17, 15) is 9.70 Å². The quantitative estimate of drug-likeness (QED) is 0.735. The molecule has 1 aromatic heterocycles. The minimum absolute atomic E-state index is 0.353. The normalized spacial score (nSPS) is 10.1. The second kappa shape index (κ2) is 7.49. The van der Waals surface area contributed by atoms with Gasteiger partial charge in [-0.25, -0.2) is 4.98 Å². The Labute approximate surface area is 125 Å². The fourth-order valence-corrected chi connectivity index (χ4v) is 2.27. The van der Waals surface area contributed by atoms with Gasteiger partial charge in [-0.05, 0) is 30.7 Å². The average molecular weight is 306 g/mol. The molecule has 0 fully saturated rings. The van der Waals surface area contributed by atoms with E-state index in [1.807, 2.05) is 18.4 Å². The van der Waals surface area contributed by atoms with Gasteiger partial charge in [-0.15, -0.1) is 16.2 Å². The molecule has 7 heteroatoms. The molecule has 21 heavy (non-hydrogen) atoms. The summed E-state index contributed by atoms with van der Waals surface area (Å²) >= 11 is 1.60. The zero-order valence-corrected chi connectivity index (χ0v) is 12.3. The Kier molecular flexibility index (Phi) is 5.39. The number of aryl methyl sites for hydroxylation is 1. The fraction of sp³-hybridized carbons (Fsp3) is 0.286. The van der Waals surface area contributed by atoms with E-state index in [1.165, 1.54) is 0 Å². The Balaban J connectivity index is 1.86. The molecular formula is C14H14N2O4S. The molecule has 0 atom stereocenters. The third-order valence-electron chi connectivity index (χ3n) is 2.67. The SMILES string of the molecule is Cc1cc(OCCc2nccs2)ccc1OCC(=O)N=O. The number of rotatable bonds is 7. The zero-order valence-electron chi connectivity index (χ0n) is 11.4. The van der Waals surface area contributed by atoms with E-state index in [0.717, 1.165) is 22.7 Å². The number of hydrogen-bond donors (Lipinski definition) is 0. The molecule has 110 valence electrons. The summed E-state index contributed by atoms with van der Waals surface area (Å²) in [6.07, 6.45) is 2.53. The molecule has 0 saturated heterocycles. The summed E-state index contributed by atoms with van der Waals surface area (Å²) in [5, 5.41) is 5.24. The Hall–Kier alpha value is -2.28. The molecule has 0 aliphatic heterocycles. The lowest BCUT2D eigenvalue weighted by Crippen LogP contribution is -2.08. The first-order valence-corrected chi connectivity index (χ1v) is 7.18. The average Bonchev–Trinajstić information content (AvgIpc) is 2.99. The third-order valence-corrected chi connectivity index (χ3v) is 3.51. The predicted octanol–water partition coefficient (Wildman–Crippen LogP) is 2.74. The van der Waals surface area contributed by atoms with Crippen LogP contribution in [0.5, 0.6) is 11.5 Å². The molecule has 0 aliphatic rings. The van der Waals surface area contributed by atoms with E-state index in [1.54, 1.807) is 29.7 Å². The molecule has 1 amide bonds. The number of ether oxygens (including phenoxy) is 2. The van der Waals surface area contributed by atoms with Gasteiger partial charge in [0.15, 0.2) is 6.61 Å². The van der Waals surface area contributed by atoms with Gasteiger partial charge >= 0.3 is 5.91 Å². The number of hydrogen-bond acceptors (Lipinski definition) is 6. The van der Waals surface area contributed by atoms with Crippen LogP contribution < -0.4 is 9.47 Å². The molecule has 2 aromatic rings. The van der Waals surface area contributed by atoms with E-state index < -0.39 is 5.91 Å². The van der Waals surface area contributed by atoms with Crippen molar-refractivity contribution in [1.82, 2.24) is 4.98 Å². The van der Waals surface area contributed by atoms with E-state index in [2.05, 4.69) is 10.2 Å². The van der Waals surface area contributed by atoms with Crippen molar-refractivity contribution in [3.63, 3.8) is 0 Å². The molecule has 2 rings (SSSR count). The first kappa shape index (κ1) is 15.1. The first-order valence-electron chi connectivity index (χ1n) is 6.30. The summed E-state index contributed by atoms with van der Waals surface area (Å²) < 4.78 is 10.8. The molecule has 0 bridgehead atoms. The van der Waals surface area contributed by atoms with Crippen LogP contribution in [0.2, 0.25) is 0 Å². The van der Waals surface area contributed by atoms with E-state index in [-0.39, 0.29) is 6.61 Å². The molecule has 1 heterocycles. The molecule has 0 unspecified atom stereocenters. The minimum Gasteiger partial charge on any atom is -0.493 e. The van der Waals surface area contributed by atoms with Gasteiger partial charge in [0.05, 0.1) is 11.6 Å². The minimum atomic E-state index is -0.835. The second-order valence-corrected chi connectivity index (χ2v) is 5.20. The van der Waals surface area contributed by atoms with Crippen LogP contribution in [0.25, 0.3) is 0 Å². The van der Waals surface area contributed by atoms with Crippen molar-refractivity contribution >= 4 is 17.2 Å². The lowest BCUT2D eigenvalue weighted by atomic mass is 10.2. The lowest BCUT2D eigenvalue weighted by Gasteiger charge is -2.10. The number of aromatic nitrogens is 1. The van der Waals surface area contributed by atoms with Gasteiger partial charge in [0.2, 0.25) is 0 Å². The van der Waals surface area contributed by atoms with Gasteiger partial charge in [-0.1, -0.05) is 0 Å². The molecule has 0 radical (unpaired) electrons. The van der Waals surface area contributed by atoms with Crippen LogP contribution in [0.1, 0.15) is 10.6 Å². The standard InChI is InChI=1S/C14H14N2O4S/c1-10-8-11(19-6-4-14-15-5-7-21-14)2-3-12(10)20-9-13(17)16-18/h2-3,5,7-8H,4,6,9H2,1H3. The number of nitrogens with zero attached hydrogens (tertiary/aromatic N) is 2. The van der Waals surface area contributed by atoms with Gasteiger partial charge in [0, 0.05) is 23.2 Å². The number of carbonyl (C=O) groups is 1. The van der Waals surface area contributed by atoms with Gasteiger partial charge in [0.25, 0.3) is 0 Å². The molecule has 1 aromatic carbocycles. The van der Waals surface area contributed by atoms with Crippen LogP contribution in [0, 0.1) is 11.8 Å². The summed E-state index contributed by atoms with van der Waals surface area (Å²) in [6.45, 7) is 2.02. The van der Waals surface area contributed by atoms with Crippen LogP contribution in [-0.4, -0.2) is 24.1 Å². The lowest BCUT2D eigenvalue weighted by molar-refractivity contribution is -0.119. The van der Waals surface area contributed by atoms with Crippen molar-refractivity contribution < 1.29 is 14.3 Å². The number of benzene rings is 1. The molecule has 0 N–H and O–H groups in total. The van der Waals surface area contributed by atoms with Gasteiger partial charge < -0.3 is 9.47 Å². The highest BCUT2D eigenvalue weighted by atomic mass is 32.1. The third kappa shape index (κ3) is 4.64. The van der Waals surface area contributed by atoms with Crippen molar-refractivity contribution in [3.8, 4) is 11.5 Å². The van der Waals surface area contributed by atoms with Crippen LogP contribution in [-0.2, 0) is 11.2 Å². The Bertz CT molecular complexity index is 613. The van der Waals surface area contributed by atoms with Crippen LogP contribution in [0.15, 0.2) is 35.0 Å². The van der Waals surface area contributed by atoms with Crippen molar-refractivity contribution in [1.29, 1.82) is 0 Å². The summed E-state index contributed by atoms with van der Waals surface area (Å²) in [4.78, 5) is 24.9. The molecule has 0 spiro atoms. The first-order chi connectivity index (χ1) is 10.2. The highest BCUT2D eigenvalue weighted by molar-refractivity contribution is 7.09. The van der Waals surface area contributed by atoms with Gasteiger partial charge in [-0.3, -0.25) is 4.79 Å². The topological polar surface area (TPSA) is 77.8 Å². The highest BCUT2D eigenvalue weighted by Crippen LogP contribution is 2.23. The van der Waals surface area contributed by atoms with Gasteiger partial charge in [-0.2, -0.15) is 0 Å². The Morgan fingerprint density at radius 2 is 2.24 bits per heavy atom. The van der Waals surface area contributed by atoms with E-state index in [0.29, 0.717) is 12.4 Å². The number of thiazole rings is 1. The van der Waals surface area contributed by atoms with Crippen molar-refractivity contribution in [2.75, 3.05) is 13.2 Å².